The topological polar surface area (TPSA) is 56.1 Å². The second kappa shape index (κ2) is 8.32. The highest BCUT2D eigenvalue weighted by atomic mass is 19.1. The van der Waals surface area contributed by atoms with E-state index in [-0.39, 0.29) is 17.9 Å². The van der Waals surface area contributed by atoms with Gasteiger partial charge in [0.15, 0.2) is 0 Å². The SMILES string of the molecule is CCCN(C)CCC(=O)N[C@@H](C#N)c1ccc(F)cc1F. The molecule has 0 saturated heterocycles. The highest BCUT2D eigenvalue weighted by molar-refractivity contribution is 5.77. The average molecular weight is 295 g/mol. The van der Waals surface area contributed by atoms with Crippen molar-refractivity contribution >= 4 is 5.91 Å². The van der Waals surface area contributed by atoms with Gasteiger partial charge in [-0.3, -0.25) is 4.79 Å². The van der Waals surface area contributed by atoms with E-state index in [1.165, 1.54) is 6.07 Å². The number of carbonyl (C=O) groups is 1. The van der Waals surface area contributed by atoms with Gasteiger partial charge in [0, 0.05) is 24.6 Å². The molecule has 0 aromatic heterocycles. The van der Waals surface area contributed by atoms with E-state index in [4.69, 9.17) is 5.26 Å². The summed E-state index contributed by atoms with van der Waals surface area (Å²) in [7, 11) is 1.90. The molecule has 0 heterocycles. The summed E-state index contributed by atoms with van der Waals surface area (Å²) in [5.74, 6) is -1.90. The van der Waals surface area contributed by atoms with Crippen LogP contribution in [0.3, 0.4) is 0 Å². The molecule has 1 N–H and O–H groups in total. The van der Waals surface area contributed by atoms with Crippen LogP contribution in [0, 0.1) is 23.0 Å². The summed E-state index contributed by atoms with van der Waals surface area (Å²) in [5, 5.41) is 11.5. The first kappa shape index (κ1) is 17.1. The third-order valence-electron chi connectivity index (χ3n) is 3.03. The number of amides is 1. The van der Waals surface area contributed by atoms with E-state index in [1.54, 1.807) is 0 Å². The minimum atomic E-state index is -1.12. The molecule has 1 amide bonds. The van der Waals surface area contributed by atoms with Crippen molar-refractivity contribution in [2.75, 3.05) is 20.1 Å². The van der Waals surface area contributed by atoms with Crippen LogP contribution in [0.4, 0.5) is 8.78 Å². The van der Waals surface area contributed by atoms with Crippen molar-refractivity contribution in [1.82, 2.24) is 10.2 Å². The number of hydrogen-bond donors (Lipinski definition) is 1. The highest BCUT2D eigenvalue weighted by Gasteiger charge is 2.18. The van der Waals surface area contributed by atoms with Crippen LogP contribution in [0.15, 0.2) is 18.2 Å². The molecule has 1 rings (SSSR count). The van der Waals surface area contributed by atoms with E-state index in [0.717, 1.165) is 19.0 Å². The van der Waals surface area contributed by atoms with Gasteiger partial charge >= 0.3 is 0 Å². The Morgan fingerprint density at radius 2 is 2.14 bits per heavy atom. The standard InChI is InChI=1S/C15H19F2N3O/c1-3-7-20(2)8-6-15(21)19-14(10-18)12-5-4-11(16)9-13(12)17/h4-5,9,14H,3,6-8H2,1-2H3,(H,19,21)/t14-/m0/s1. The fraction of sp³-hybridized carbons (Fsp3) is 0.467. The molecular formula is C15H19F2N3O. The smallest absolute Gasteiger partial charge is 0.222 e. The minimum Gasteiger partial charge on any atom is -0.337 e. The van der Waals surface area contributed by atoms with Gasteiger partial charge in [-0.25, -0.2) is 8.78 Å². The molecule has 0 aliphatic carbocycles. The number of rotatable bonds is 7. The Labute approximate surface area is 123 Å². The molecule has 114 valence electrons. The summed E-state index contributed by atoms with van der Waals surface area (Å²) < 4.78 is 26.4. The molecular weight excluding hydrogens is 276 g/mol. The van der Waals surface area contributed by atoms with Crippen LogP contribution in [0.1, 0.15) is 31.4 Å². The van der Waals surface area contributed by atoms with Gasteiger partial charge in [0.25, 0.3) is 0 Å². The number of halogens is 2. The molecule has 4 nitrogen and oxygen atoms in total. The number of carbonyl (C=O) groups excluding carboxylic acids is 1. The molecule has 0 fully saturated rings. The van der Waals surface area contributed by atoms with Crippen molar-refractivity contribution < 1.29 is 13.6 Å². The maximum atomic E-state index is 13.6. The van der Waals surface area contributed by atoms with Gasteiger partial charge in [0.1, 0.15) is 17.7 Å². The quantitative estimate of drug-likeness (QED) is 0.840. The van der Waals surface area contributed by atoms with E-state index >= 15 is 0 Å². The molecule has 1 aromatic carbocycles. The molecule has 0 saturated carbocycles. The van der Waals surface area contributed by atoms with E-state index < -0.39 is 17.7 Å². The molecule has 0 aliphatic heterocycles. The minimum absolute atomic E-state index is 0.0332. The number of nitriles is 1. The first-order valence-corrected chi connectivity index (χ1v) is 6.80. The fourth-order valence-corrected chi connectivity index (χ4v) is 1.93. The van der Waals surface area contributed by atoms with Crippen molar-refractivity contribution in [2.45, 2.75) is 25.8 Å². The van der Waals surface area contributed by atoms with Crippen molar-refractivity contribution in [2.24, 2.45) is 0 Å². The summed E-state index contributed by atoms with van der Waals surface area (Å²) in [5.41, 5.74) is -0.0332. The number of nitrogens with one attached hydrogen (secondary N) is 1. The summed E-state index contributed by atoms with van der Waals surface area (Å²) in [6.07, 6.45) is 1.21. The Bertz CT molecular complexity index is 528. The van der Waals surface area contributed by atoms with Gasteiger partial charge in [-0.1, -0.05) is 13.0 Å². The van der Waals surface area contributed by atoms with Crippen LogP contribution in [0.2, 0.25) is 0 Å². The molecule has 1 atom stereocenters. The van der Waals surface area contributed by atoms with Crippen molar-refractivity contribution in [3.63, 3.8) is 0 Å². The lowest BCUT2D eigenvalue weighted by Crippen LogP contribution is -2.31. The van der Waals surface area contributed by atoms with Gasteiger partial charge in [0.2, 0.25) is 5.91 Å². The lowest BCUT2D eigenvalue weighted by Gasteiger charge is -2.16. The molecule has 0 unspecified atom stereocenters. The summed E-state index contributed by atoms with van der Waals surface area (Å²) in [6, 6.07) is 3.62. The molecule has 0 aliphatic rings. The zero-order valence-corrected chi connectivity index (χ0v) is 12.2. The van der Waals surface area contributed by atoms with Gasteiger partial charge in [-0.05, 0) is 26.1 Å². The molecule has 0 bridgehead atoms. The van der Waals surface area contributed by atoms with Crippen LogP contribution in [-0.4, -0.2) is 30.9 Å². The van der Waals surface area contributed by atoms with Crippen molar-refractivity contribution in [3.05, 3.63) is 35.4 Å². The molecule has 0 radical (unpaired) electrons. The maximum absolute atomic E-state index is 13.6. The van der Waals surface area contributed by atoms with E-state index in [0.29, 0.717) is 12.6 Å². The lowest BCUT2D eigenvalue weighted by atomic mass is 10.1. The Morgan fingerprint density at radius 1 is 1.43 bits per heavy atom. The molecule has 0 spiro atoms. The number of benzene rings is 1. The van der Waals surface area contributed by atoms with Crippen LogP contribution in [0.5, 0.6) is 0 Å². The van der Waals surface area contributed by atoms with Crippen LogP contribution in [0.25, 0.3) is 0 Å². The summed E-state index contributed by atoms with van der Waals surface area (Å²) in [6.45, 7) is 3.48. The predicted octanol–water partition coefficient (Wildman–Crippen LogP) is 2.38. The van der Waals surface area contributed by atoms with E-state index in [9.17, 15) is 13.6 Å². The van der Waals surface area contributed by atoms with Gasteiger partial charge < -0.3 is 10.2 Å². The molecule has 6 heteroatoms. The van der Waals surface area contributed by atoms with E-state index in [1.807, 2.05) is 24.9 Å². The number of nitrogens with zero attached hydrogens (tertiary/aromatic N) is 2. The molecule has 21 heavy (non-hydrogen) atoms. The molecule has 1 aromatic rings. The average Bonchev–Trinajstić information content (AvgIpc) is 2.43. The Hall–Kier alpha value is -2.00. The Kier molecular flexibility index (Phi) is 6.76. The Balaban J connectivity index is 2.62. The first-order chi connectivity index (χ1) is 9.97. The third-order valence-corrected chi connectivity index (χ3v) is 3.03. The van der Waals surface area contributed by atoms with E-state index in [2.05, 4.69) is 5.32 Å². The van der Waals surface area contributed by atoms with Gasteiger partial charge in [-0.2, -0.15) is 5.26 Å². The fourth-order valence-electron chi connectivity index (χ4n) is 1.93. The largest absolute Gasteiger partial charge is 0.337 e. The monoisotopic (exact) mass is 295 g/mol. The predicted molar refractivity (Wildman–Crippen MR) is 75.3 cm³/mol. The second-order valence-corrected chi connectivity index (χ2v) is 4.85. The lowest BCUT2D eigenvalue weighted by molar-refractivity contribution is -0.121. The third kappa shape index (κ3) is 5.48. The summed E-state index contributed by atoms with van der Waals surface area (Å²) in [4.78, 5) is 13.8. The normalized spacial score (nSPS) is 12.0. The van der Waals surface area contributed by atoms with Crippen LogP contribution >= 0.6 is 0 Å². The van der Waals surface area contributed by atoms with Crippen LogP contribution in [-0.2, 0) is 4.79 Å². The highest BCUT2D eigenvalue weighted by Crippen LogP contribution is 2.17. The first-order valence-electron chi connectivity index (χ1n) is 6.80. The Morgan fingerprint density at radius 3 is 2.71 bits per heavy atom. The van der Waals surface area contributed by atoms with Crippen LogP contribution < -0.4 is 5.32 Å². The second-order valence-electron chi connectivity index (χ2n) is 4.85. The number of hydrogen-bond acceptors (Lipinski definition) is 3. The summed E-state index contributed by atoms with van der Waals surface area (Å²) >= 11 is 0. The zero-order valence-electron chi connectivity index (χ0n) is 12.2. The van der Waals surface area contributed by atoms with Crippen molar-refractivity contribution in [1.29, 1.82) is 5.26 Å². The zero-order chi connectivity index (χ0) is 15.8. The van der Waals surface area contributed by atoms with Gasteiger partial charge in [0.05, 0.1) is 6.07 Å². The van der Waals surface area contributed by atoms with Crippen molar-refractivity contribution in [3.8, 4) is 6.07 Å². The van der Waals surface area contributed by atoms with Gasteiger partial charge in [-0.15, -0.1) is 0 Å². The maximum Gasteiger partial charge on any atom is 0.222 e.